The van der Waals surface area contributed by atoms with Gasteiger partial charge >= 0.3 is 5.97 Å². The van der Waals surface area contributed by atoms with E-state index in [1.165, 1.54) is 6.92 Å². The lowest BCUT2D eigenvalue weighted by Crippen LogP contribution is -2.32. The highest BCUT2D eigenvalue weighted by Crippen LogP contribution is 2.32. The number of benzene rings is 1. The number of rotatable bonds is 4. The van der Waals surface area contributed by atoms with Gasteiger partial charge in [-0.25, -0.2) is 13.6 Å². The van der Waals surface area contributed by atoms with Gasteiger partial charge < -0.3 is 15.6 Å². The molecule has 1 rings (SSSR count). The van der Waals surface area contributed by atoms with Crippen molar-refractivity contribution in [3.63, 3.8) is 0 Å². The van der Waals surface area contributed by atoms with Crippen LogP contribution in [0.5, 0.6) is 5.75 Å². The Morgan fingerprint density at radius 3 is 2.79 bits per heavy atom. The number of phenolic OH excluding ortho intramolecular Hbond substituents is 1. The van der Waals surface area contributed by atoms with Crippen molar-refractivity contribution >= 4 is 5.97 Å². The number of esters is 1. The van der Waals surface area contributed by atoms with Gasteiger partial charge in [0.05, 0.1) is 24.3 Å². The minimum absolute atomic E-state index is 0.0494. The molecule has 0 aromatic heterocycles. The molecule has 1 unspecified atom stereocenters. The summed E-state index contributed by atoms with van der Waals surface area (Å²) >= 11 is 0. The van der Waals surface area contributed by atoms with Gasteiger partial charge in [0.2, 0.25) is 6.17 Å². The molecule has 0 spiro atoms. The molecule has 2 atom stereocenters. The van der Waals surface area contributed by atoms with Crippen LogP contribution >= 0.6 is 0 Å². The second-order valence-electron chi connectivity index (χ2n) is 3.65. The Kier molecular flexibility index (Phi) is 4.78. The fraction of sp³-hybridized carbons (Fsp3) is 0.333. The van der Waals surface area contributed by atoms with E-state index in [0.717, 1.165) is 12.1 Å². The molecule has 0 aliphatic heterocycles. The Labute approximate surface area is 108 Å². The van der Waals surface area contributed by atoms with Crippen molar-refractivity contribution in [2.75, 3.05) is 6.61 Å². The third-order valence-corrected chi connectivity index (χ3v) is 2.45. The van der Waals surface area contributed by atoms with Crippen LogP contribution in [-0.4, -0.2) is 23.9 Å². The first-order valence-electron chi connectivity index (χ1n) is 5.41. The van der Waals surface area contributed by atoms with Crippen molar-refractivity contribution in [1.82, 2.24) is 0 Å². The number of hydrogen-bond donors (Lipinski definition) is 2. The predicted octanol–water partition coefficient (Wildman–Crippen LogP) is 1.30. The van der Waals surface area contributed by atoms with E-state index in [9.17, 15) is 18.7 Å². The van der Waals surface area contributed by atoms with Crippen molar-refractivity contribution in [2.24, 2.45) is 5.73 Å². The lowest BCUT2D eigenvalue weighted by Gasteiger charge is -2.18. The second kappa shape index (κ2) is 6.11. The maximum Gasteiger partial charge on any atom is 0.342 e. The monoisotopic (exact) mass is 270 g/mol. The standard InChI is InChI=1S/C12H12F2N2O3/c1-2-19-12(18)9(14)10(16)8-6(5-15)3-4-7(13)11(8)17/h3-4,9-10,17H,2,16H2,1H3/t9?,10-/m1/s1. The van der Waals surface area contributed by atoms with E-state index in [-0.39, 0.29) is 12.2 Å². The molecular weight excluding hydrogens is 258 g/mol. The molecule has 3 N–H and O–H groups in total. The summed E-state index contributed by atoms with van der Waals surface area (Å²) in [6.45, 7) is 1.43. The predicted molar refractivity (Wildman–Crippen MR) is 61.2 cm³/mol. The van der Waals surface area contributed by atoms with Gasteiger partial charge in [-0.05, 0) is 19.1 Å². The van der Waals surface area contributed by atoms with Crippen LogP contribution in [0.3, 0.4) is 0 Å². The Hall–Kier alpha value is -2.20. The fourth-order valence-corrected chi connectivity index (χ4v) is 1.53. The number of hydrogen-bond acceptors (Lipinski definition) is 5. The molecule has 0 fully saturated rings. The SMILES string of the molecule is CCOC(=O)C(F)[C@H](N)c1c(C#N)ccc(F)c1O. The van der Waals surface area contributed by atoms with Crippen LogP contribution in [0.1, 0.15) is 24.1 Å². The first kappa shape index (κ1) is 14.9. The van der Waals surface area contributed by atoms with E-state index in [0.29, 0.717) is 0 Å². The van der Waals surface area contributed by atoms with Gasteiger partial charge in [-0.15, -0.1) is 0 Å². The van der Waals surface area contributed by atoms with Crippen LogP contribution in [-0.2, 0) is 9.53 Å². The average Bonchev–Trinajstić information content (AvgIpc) is 2.40. The van der Waals surface area contributed by atoms with Gasteiger partial charge in [-0.1, -0.05) is 0 Å². The molecular formula is C12H12F2N2O3. The smallest absolute Gasteiger partial charge is 0.342 e. The molecule has 5 nitrogen and oxygen atoms in total. The summed E-state index contributed by atoms with van der Waals surface area (Å²) in [6, 6.07) is 1.85. The zero-order chi connectivity index (χ0) is 14.6. The van der Waals surface area contributed by atoms with Crippen LogP contribution in [0.2, 0.25) is 0 Å². The van der Waals surface area contributed by atoms with E-state index in [1.807, 2.05) is 0 Å². The number of alkyl halides is 1. The van der Waals surface area contributed by atoms with Gasteiger partial charge in [-0.2, -0.15) is 5.26 Å². The molecule has 0 aliphatic rings. The average molecular weight is 270 g/mol. The largest absolute Gasteiger partial charge is 0.505 e. The molecule has 0 saturated carbocycles. The summed E-state index contributed by atoms with van der Waals surface area (Å²) in [4.78, 5) is 11.2. The third kappa shape index (κ3) is 2.98. The minimum atomic E-state index is -2.31. The van der Waals surface area contributed by atoms with Gasteiger partial charge in [-0.3, -0.25) is 0 Å². The highest BCUT2D eigenvalue weighted by Gasteiger charge is 2.32. The van der Waals surface area contributed by atoms with Crippen LogP contribution in [0.15, 0.2) is 12.1 Å². The first-order valence-corrected chi connectivity index (χ1v) is 5.41. The second-order valence-corrected chi connectivity index (χ2v) is 3.65. The molecule has 0 heterocycles. The van der Waals surface area contributed by atoms with E-state index < -0.39 is 35.3 Å². The zero-order valence-corrected chi connectivity index (χ0v) is 10.1. The lowest BCUT2D eigenvalue weighted by molar-refractivity contribution is -0.149. The number of phenols is 1. The van der Waals surface area contributed by atoms with Crippen molar-refractivity contribution < 1.29 is 23.4 Å². The van der Waals surface area contributed by atoms with Crippen molar-refractivity contribution in [1.29, 1.82) is 5.26 Å². The molecule has 0 bridgehead atoms. The van der Waals surface area contributed by atoms with Crippen LogP contribution in [0.4, 0.5) is 8.78 Å². The van der Waals surface area contributed by atoms with Crippen LogP contribution in [0.25, 0.3) is 0 Å². The number of nitrogens with zero attached hydrogens (tertiary/aromatic N) is 1. The topological polar surface area (TPSA) is 96.3 Å². The number of carbonyl (C=O) groups is 1. The number of nitriles is 1. The number of ether oxygens (including phenoxy) is 1. The number of aromatic hydroxyl groups is 1. The molecule has 0 saturated heterocycles. The maximum absolute atomic E-state index is 13.7. The Morgan fingerprint density at radius 2 is 2.26 bits per heavy atom. The van der Waals surface area contributed by atoms with Gasteiger partial charge in [0, 0.05) is 5.56 Å². The molecule has 1 aromatic carbocycles. The van der Waals surface area contributed by atoms with Gasteiger partial charge in [0.25, 0.3) is 0 Å². The molecule has 102 valence electrons. The maximum atomic E-state index is 13.7. The number of halogens is 2. The first-order chi connectivity index (χ1) is 8.93. The van der Waals surface area contributed by atoms with E-state index >= 15 is 0 Å². The highest BCUT2D eigenvalue weighted by molar-refractivity contribution is 5.76. The fourth-order valence-electron chi connectivity index (χ4n) is 1.53. The summed E-state index contributed by atoms with van der Waals surface area (Å²) in [7, 11) is 0. The molecule has 0 radical (unpaired) electrons. The summed E-state index contributed by atoms with van der Waals surface area (Å²) in [6.07, 6.45) is -2.31. The highest BCUT2D eigenvalue weighted by atomic mass is 19.1. The number of carbonyl (C=O) groups excluding carboxylic acids is 1. The van der Waals surface area contributed by atoms with E-state index in [4.69, 9.17) is 11.0 Å². The normalized spacial score (nSPS) is 13.4. The van der Waals surface area contributed by atoms with E-state index in [2.05, 4.69) is 4.74 Å². The van der Waals surface area contributed by atoms with Crippen LogP contribution in [0, 0.1) is 17.1 Å². The van der Waals surface area contributed by atoms with Crippen molar-refractivity contribution in [2.45, 2.75) is 19.1 Å². The quantitative estimate of drug-likeness (QED) is 0.804. The summed E-state index contributed by atoms with van der Waals surface area (Å²) in [5.41, 5.74) is 4.80. The minimum Gasteiger partial charge on any atom is -0.505 e. The summed E-state index contributed by atoms with van der Waals surface area (Å²) < 4.78 is 31.4. The molecule has 7 heteroatoms. The van der Waals surface area contributed by atoms with Gasteiger partial charge in [0.15, 0.2) is 11.6 Å². The number of nitrogens with two attached hydrogens (primary N) is 1. The summed E-state index contributed by atoms with van der Waals surface area (Å²) in [5.74, 6) is -3.23. The molecule has 1 aromatic rings. The molecule has 0 amide bonds. The third-order valence-electron chi connectivity index (χ3n) is 2.45. The van der Waals surface area contributed by atoms with Gasteiger partial charge in [0.1, 0.15) is 0 Å². The van der Waals surface area contributed by atoms with Crippen molar-refractivity contribution in [3.05, 3.63) is 29.1 Å². The van der Waals surface area contributed by atoms with Crippen LogP contribution < -0.4 is 5.73 Å². The Bertz CT molecular complexity index is 528. The lowest BCUT2D eigenvalue weighted by atomic mass is 9.96. The molecule has 0 aliphatic carbocycles. The van der Waals surface area contributed by atoms with E-state index in [1.54, 1.807) is 6.07 Å². The Morgan fingerprint density at radius 1 is 1.63 bits per heavy atom. The molecule has 19 heavy (non-hydrogen) atoms. The summed E-state index contributed by atoms with van der Waals surface area (Å²) in [5, 5.41) is 18.3. The zero-order valence-electron chi connectivity index (χ0n) is 10.1. The van der Waals surface area contributed by atoms with Crippen molar-refractivity contribution in [3.8, 4) is 11.8 Å². The Balaban J connectivity index is 3.19.